The summed E-state index contributed by atoms with van der Waals surface area (Å²) in [4.78, 5) is 32.7. The molecule has 1 aliphatic rings. The number of methoxy groups -OCH3 is 1. The number of amides is 1. The Bertz CT molecular complexity index is 1320. The Morgan fingerprint density at radius 2 is 2.14 bits per heavy atom. The van der Waals surface area contributed by atoms with Crippen molar-refractivity contribution < 1.29 is 14.3 Å². The molecule has 1 amide bonds. The maximum Gasteiger partial charge on any atom is 0.246 e. The van der Waals surface area contributed by atoms with Gasteiger partial charge in [0.05, 0.1) is 18.2 Å². The highest BCUT2D eigenvalue weighted by Crippen LogP contribution is 2.26. The first kappa shape index (κ1) is 24.9. The fraction of sp³-hybridized carbons (Fsp3) is 0.333. The standard InChI is InChI=1S/C27H30N6O3/c1-32(2)13-6-11-25(34)33-14-12-20(18-33)17-28-26-22-16-21(31-27(22)30-19-29-26)8-7-15-36-24-10-5-4-9-23(24)35-3/h4-6,9-11,16-17,19-20H,12-15,18H2,1-3H3,(H,29,30,31)/b11-6+,28-17+. The van der Waals surface area contributed by atoms with Gasteiger partial charge in [0.2, 0.25) is 5.91 Å². The largest absolute Gasteiger partial charge is 0.493 e. The SMILES string of the molecule is COc1ccccc1OCC#Cc1cc2c(/N=C/C3CCN(C(=O)/C=C/CN(C)C)C3)ncnc2[nH]1. The summed E-state index contributed by atoms with van der Waals surface area (Å²) in [6.07, 6.45) is 7.78. The molecule has 1 atom stereocenters. The number of para-hydroxylation sites is 2. The third-order valence-electron chi connectivity index (χ3n) is 5.67. The minimum atomic E-state index is 0.0423. The highest BCUT2D eigenvalue weighted by Gasteiger charge is 2.23. The van der Waals surface area contributed by atoms with Gasteiger partial charge in [-0.1, -0.05) is 24.1 Å². The number of benzene rings is 1. The average molecular weight is 487 g/mol. The highest BCUT2D eigenvalue weighted by molar-refractivity contribution is 5.90. The molecule has 1 aliphatic heterocycles. The Morgan fingerprint density at radius 1 is 1.31 bits per heavy atom. The Kier molecular flexibility index (Phi) is 8.32. The zero-order valence-corrected chi connectivity index (χ0v) is 20.8. The lowest BCUT2D eigenvalue weighted by Crippen LogP contribution is -2.27. The lowest BCUT2D eigenvalue weighted by molar-refractivity contribution is -0.125. The second kappa shape index (κ2) is 12.0. The van der Waals surface area contributed by atoms with Gasteiger partial charge in [0.25, 0.3) is 0 Å². The van der Waals surface area contributed by atoms with Gasteiger partial charge >= 0.3 is 0 Å². The molecule has 0 spiro atoms. The average Bonchev–Trinajstić information content (AvgIpc) is 3.52. The first-order valence-corrected chi connectivity index (χ1v) is 11.8. The number of aliphatic imine (C=N–C) groups is 1. The molecule has 1 unspecified atom stereocenters. The van der Waals surface area contributed by atoms with Gasteiger partial charge in [0, 0.05) is 37.8 Å². The van der Waals surface area contributed by atoms with Gasteiger partial charge in [-0.15, -0.1) is 0 Å². The van der Waals surface area contributed by atoms with Gasteiger partial charge in [0.1, 0.15) is 18.6 Å². The molecule has 0 aliphatic carbocycles. The number of rotatable bonds is 8. The van der Waals surface area contributed by atoms with Crippen LogP contribution in [0.15, 0.2) is 53.8 Å². The van der Waals surface area contributed by atoms with Crippen LogP contribution in [0, 0.1) is 17.8 Å². The molecule has 1 N–H and O–H groups in total. The quantitative estimate of drug-likeness (QED) is 0.299. The van der Waals surface area contributed by atoms with Gasteiger partial charge in [-0.2, -0.15) is 0 Å². The number of likely N-dealkylation sites (N-methyl/N-ethyl adjacent to an activating group) is 1. The molecule has 186 valence electrons. The number of aromatic nitrogens is 3. The fourth-order valence-electron chi connectivity index (χ4n) is 3.84. The molecule has 1 saturated heterocycles. The molecule has 9 heteroatoms. The van der Waals surface area contributed by atoms with Crippen molar-refractivity contribution in [2.45, 2.75) is 6.42 Å². The summed E-state index contributed by atoms with van der Waals surface area (Å²) in [6.45, 7) is 2.33. The Hall–Kier alpha value is -4.16. The number of aromatic amines is 1. The summed E-state index contributed by atoms with van der Waals surface area (Å²) < 4.78 is 11.0. The molecule has 3 heterocycles. The third-order valence-corrected chi connectivity index (χ3v) is 5.67. The third kappa shape index (κ3) is 6.49. The second-order valence-electron chi connectivity index (χ2n) is 8.66. The second-order valence-corrected chi connectivity index (χ2v) is 8.66. The van der Waals surface area contributed by atoms with Crippen molar-refractivity contribution >= 4 is 29.0 Å². The fourth-order valence-corrected chi connectivity index (χ4v) is 3.84. The van der Waals surface area contributed by atoms with Gasteiger partial charge in [-0.3, -0.25) is 4.79 Å². The van der Waals surface area contributed by atoms with E-state index >= 15 is 0 Å². The van der Waals surface area contributed by atoms with Crippen LogP contribution in [-0.4, -0.2) is 84.3 Å². The van der Waals surface area contributed by atoms with E-state index in [2.05, 4.69) is 31.8 Å². The maximum atomic E-state index is 12.4. The van der Waals surface area contributed by atoms with Crippen LogP contribution in [-0.2, 0) is 4.79 Å². The first-order valence-electron chi connectivity index (χ1n) is 11.8. The predicted molar refractivity (Wildman–Crippen MR) is 140 cm³/mol. The predicted octanol–water partition coefficient (Wildman–Crippen LogP) is 3.07. The number of hydrogen-bond donors (Lipinski definition) is 1. The number of carbonyl (C=O) groups is 1. The lowest BCUT2D eigenvalue weighted by atomic mass is 10.1. The minimum absolute atomic E-state index is 0.0423. The zero-order chi connectivity index (χ0) is 25.3. The number of nitrogens with one attached hydrogen (secondary N) is 1. The number of likely N-dealkylation sites (tertiary alicyclic amines) is 1. The van der Waals surface area contributed by atoms with E-state index in [4.69, 9.17) is 9.47 Å². The summed E-state index contributed by atoms with van der Waals surface area (Å²) >= 11 is 0. The van der Waals surface area contributed by atoms with Crippen LogP contribution in [0.5, 0.6) is 11.5 Å². The molecular weight excluding hydrogens is 456 g/mol. The summed E-state index contributed by atoms with van der Waals surface area (Å²) in [6, 6.07) is 9.33. The van der Waals surface area contributed by atoms with Crippen molar-refractivity contribution in [3.63, 3.8) is 0 Å². The number of nitrogens with zero attached hydrogens (tertiary/aromatic N) is 5. The van der Waals surface area contributed by atoms with Crippen molar-refractivity contribution in [1.29, 1.82) is 0 Å². The zero-order valence-electron chi connectivity index (χ0n) is 20.8. The minimum Gasteiger partial charge on any atom is -0.493 e. The number of hydrogen-bond acceptors (Lipinski definition) is 7. The van der Waals surface area contributed by atoms with Crippen LogP contribution in [0.1, 0.15) is 12.1 Å². The van der Waals surface area contributed by atoms with Crippen LogP contribution < -0.4 is 9.47 Å². The summed E-state index contributed by atoms with van der Waals surface area (Å²) in [5.74, 6) is 8.18. The van der Waals surface area contributed by atoms with Crippen molar-refractivity contribution in [1.82, 2.24) is 24.8 Å². The van der Waals surface area contributed by atoms with E-state index in [1.165, 1.54) is 6.33 Å². The van der Waals surface area contributed by atoms with Crippen molar-refractivity contribution in [2.24, 2.45) is 10.9 Å². The lowest BCUT2D eigenvalue weighted by Gasteiger charge is -2.13. The van der Waals surface area contributed by atoms with Crippen molar-refractivity contribution in [3.05, 3.63) is 54.5 Å². The van der Waals surface area contributed by atoms with Gasteiger partial charge in [0.15, 0.2) is 17.3 Å². The van der Waals surface area contributed by atoms with E-state index in [9.17, 15) is 4.79 Å². The Labute approximate surface area is 210 Å². The maximum absolute atomic E-state index is 12.4. The van der Waals surface area contributed by atoms with Gasteiger partial charge in [-0.05, 0) is 44.6 Å². The van der Waals surface area contributed by atoms with Gasteiger partial charge in [-0.25, -0.2) is 15.0 Å². The Balaban J connectivity index is 1.37. The molecule has 2 aromatic heterocycles. The molecule has 36 heavy (non-hydrogen) atoms. The molecule has 4 rings (SSSR count). The highest BCUT2D eigenvalue weighted by atomic mass is 16.5. The van der Waals surface area contributed by atoms with E-state index in [0.29, 0.717) is 35.2 Å². The van der Waals surface area contributed by atoms with E-state index in [1.807, 2.05) is 66.5 Å². The van der Waals surface area contributed by atoms with Crippen LogP contribution in [0.25, 0.3) is 11.0 Å². The number of ether oxygens (including phenoxy) is 2. The summed E-state index contributed by atoms with van der Waals surface area (Å²) in [5, 5.41) is 0.793. The topological polar surface area (TPSA) is 95.9 Å². The number of H-pyrrole nitrogens is 1. The molecule has 9 nitrogen and oxygen atoms in total. The van der Waals surface area contributed by atoms with Crippen LogP contribution in [0.4, 0.5) is 5.82 Å². The molecule has 0 bridgehead atoms. The first-order chi connectivity index (χ1) is 17.5. The normalized spacial score (nSPS) is 15.7. The number of carbonyl (C=O) groups excluding carboxylic acids is 1. The van der Waals surface area contributed by atoms with E-state index in [0.717, 1.165) is 24.9 Å². The van der Waals surface area contributed by atoms with Gasteiger partial charge < -0.3 is 24.3 Å². The van der Waals surface area contributed by atoms with E-state index < -0.39 is 0 Å². The van der Waals surface area contributed by atoms with Crippen LogP contribution in [0.2, 0.25) is 0 Å². The summed E-state index contributed by atoms with van der Waals surface area (Å²) in [5.41, 5.74) is 1.37. The monoisotopic (exact) mass is 486 g/mol. The van der Waals surface area contributed by atoms with Crippen molar-refractivity contribution in [3.8, 4) is 23.3 Å². The molecule has 0 saturated carbocycles. The molecule has 3 aromatic rings. The molecule has 0 radical (unpaired) electrons. The van der Waals surface area contributed by atoms with Crippen LogP contribution in [0.3, 0.4) is 0 Å². The van der Waals surface area contributed by atoms with Crippen LogP contribution >= 0.6 is 0 Å². The molecule has 1 aromatic carbocycles. The Morgan fingerprint density at radius 3 is 2.94 bits per heavy atom. The van der Waals surface area contributed by atoms with E-state index in [1.54, 1.807) is 13.2 Å². The smallest absolute Gasteiger partial charge is 0.246 e. The number of fused-ring (bicyclic) bond motifs is 1. The summed E-state index contributed by atoms with van der Waals surface area (Å²) in [7, 11) is 5.55. The van der Waals surface area contributed by atoms with E-state index in [-0.39, 0.29) is 18.4 Å². The molecule has 1 fully saturated rings. The van der Waals surface area contributed by atoms with Crippen molar-refractivity contribution in [2.75, 3.05) is 47.4 Å². The molecular formula is C27H30N6O3.